The van der Waals surface area contributed by atoms with Gasteiger partial charge < -0.3 is 4.74 Å². The normalized spacial score (nSPS) is 14.7. The third-order valence-corrected chi connectivity index (χ3v) is 7.17. The van der Waals surface area contributed by atoms with Crippen LogP contribution in [0.4, 0.5) is 9.93 Å². The van der Waals surface area contributed by atoms with Gasteiger partial charge in [-0.05, 0) is 31.5 Å². The van der Waals surface area contributed by atoms with Crippen molar-refractivity contribution in [2.45, 2.75) is 31.7 Å². The maximum Gasteiger partial charge on any atom is 0.413 e. The van der Waals surface area contributed by atoms with E-state index >= 15 is 0 Å². The van der Waals surface area contributed by atoms with Crippen LogP contribution in [0.3, 0.4) is 0 Å². The molecule has 0 atom stereocenters. The topological polar surface area (TPSA) is 88.6 Å². The second kappa shape index (κ2) is 7.51. The second-order valence-electron chi connectivity index (χ2n) is 5.73. The molecule has 10 heteroatoms. The summed E-state index contributed by atoms with van der Waals surface area (Å²) in [5.41, 5.74) is 1.45. The molecule has 1 aliphatic rings. The highest BCUT2D eigenvalue weighted by molar-refractivity contribution is 7.89. The van der Waals surface area contributed by atoms with Crippen molar-refractivity contribution in [2.75, 3.05) is 18.5 Å². The zero-order valence-corrected chi connectivity index (χ0v) is 16.7. The van der Waals surface area contributed by atoms with Crippen molar-refractivity contribution < 1.29 is 17.9 Å². The van der Waals surface area contributed by atoms with Crippen LogP contribution >= 0.6 is 22.9 Å². The average molecular weight is 416 g/mol. The molecule has 0 aliphatic carbocycles. The minimum absolute atomic E-state index is 0.211. The van der Waals surface area contributed by atoms with Gasteiger partial charge in [0.2, 0.25) is 10.0 Å². The number of hydrogen-bond donors (Lipinski definition) is 1. The lowest BCUT2D eigenvalue weighted by Gasteiger charge is -2.26. The number of anilines is 1. The lowest BCUT2D eigenvalue weighted by molar-refractivity contribution is 0.168. The van der Waals surface area contributed by atoms with Gasteiger partial charge in [-0.3, -0.25) is 5.32 Å². The summed E-state index contributed by atoms with van der Waals surface area (Å²) in [4.78, 5) is 16.9. The number of amides is 1. The molecular formula is C16H18ClN3O4S2. The quantitative estimate of drug-likeness (QED) is 0.826. The minimum atomic E-state index is -3.66. The summed E-state index contributed by atoms with van der Waals surface area (Å²) in [6.07, 6.45) is -0.0903. The Morgan fingerprint density at radius 1 is 1.46 bits per heavy atom. The van der Waals surface area contributed by atoms with E-state index in [2.05, 4.69) is 10.3 Å². The number of carbonyl (C=O) groups excluding carboxylic acids is 1. The molecule has 1 amide bonds. The number of hydrogen-bond acceptors (Lipinski definition) is 6. The number of rotatable bonds is 4. The van der Waals surface area contributed by atoms with Crippen LogP contribution in [-0.2, 0) is 27.7 Å². The number of sulfonamides is 1. The largest absolute Gasteiger partial charge is 0.450 e. The Hall–Kier alpha value is -1.68. The van der Waals surface area contributed by atoms with Crippen LogP contribution in [0.2, 0.25) is 5.02 Å². The van der Waals surface area contributed by atoms with E-state index in [1.807, 2.05) is 0 Å². The van der Waals surface area contributed by atoms with Crippen LogP contribution in [0.25, 0.3) is 0 Å². The monoisotopic (exact) mass is 415 g/mol. The number of carbonyl (C=O) groups is 1. The molecule has 2 aromatic rings. The van der Waals surface area contributed by atoms with E-state index in [4.69, 9.17) is 16.3 Å². The highest BCUT2D eigenvalue weighted by Gasteiger charge is 2.31. The third kappa shape index (κ3) is 3.85. The number of aryl methyl sites for hydroxylation is 1. The second-order valence-corrected chi connectivity index (χ2v) is 9.16. The molecule has 0 saturated heterocycles. The number of ether oxygens (including phenoxy) is 1. The maximum atomic E-state index is 13.0. The van der Waals surface area contributed by atoms with Crippen LogP contribution in [-0.4, -0.2) is 37.0 Å². The Morgan fingerprint density at radius 2 is 2.23 bits per heavy atom. The molecule has 0 fully saturated rings. The van der Waals surface area contributed by atoms with Crippen molar-refractivity contribution in [1.82, 2.24) is 9.29 Å². The summed E-state index contributed by atoms with van der Waals surface area (Å²) in [5.74, 6) is 0. The van der Waals surface area contributed by atoms with Crippen LogP contribution in [0.1, 0.15) is 23.1 Å². The first-order valence-corrected chi connectivity index (χ1v) is 10.6. The number of nitrogens with zero attached hydrogens (tertiary/aromatic N) is 2. The lowest BCUT2D eigenvalue weighted by Crippen LogP contribution is -2.35. The zero-order valence-electron chi connectivity index (χ0n) is 14.3. The number of aromatic nitrogens is 1. The number of halogens is 1. The number of benzene rings is 1. The Balaban J connectivity index is 1.82. The standard InChI is InChI=1S/C16H18ClN3O4S2/c1-3-24-16(21)19-15-18-12-6-7-20(9-13(12)25-15)26(22,23)14-8-11(17)5-4-10(14)2/h4-5,8H,3,6-7,9H2,1-2H3,(H,18,19,21). The van der Waals surface area contributed by atoms with Crippen LogP contribution in [0, 0.1) is 6.92 Å². The van der Waals surface area contributed by atoms with Gasteiger partial charge >= 0.3 is 6.09 Å². The molecule has 0 radical (unpaired) electrons. The van der Waals surface area contributed by atoms with Crippen molar-refractivity contribution in [1.29, 1.82) is 0 Å². The fourth-order valence-corrected chi connectivity index (χ4v) is 5.66. The Bertz CT molecular complexity index is 943. The minimum Gasteiger partial charge on any atom is -0.450 e. The third-order valence-electron chi connectivity index (χ3n) is 3.95. The van der Waals surface area contributed by atoms with Crippen molar-refractivity contribution in [2.24, 2.45) is 0 Å². The van der Waals surface area contributed by atoms with Crippen molar-refractivity contribution >= 4 is 44.2 Å². The molecule has 7 nitrogen and oxygen atoms in total. The predicted octanol–water partition coefficient (Wildman–Crippen LogP) is 3.42. The van der Waals surface area contributed by atoms with Gasteiger partial charge in [0.05, 0.1) is 23.7 Å². The van der Waals surface area contributed by atoms with E-state index in [9.17, 15) is 13.2 Å². The van der Waals surface area contributed by atoms with Crippen molar-refractivity contribution in [3.05, 3.63) is 39.4 Å². The first-order valence-electron chi connectivity index (χ1n) is 8.00. The summed E-state index contributed by atoms with van der Waals surface area (Å²) in [6, 6.07) is 4.83. The molecule has 3 rings (SSSR count). The molecule has 1 N–H and O–H groups in total. The number of thiazole rings is 1. The van der Waals surface area contributed by atoms with Crippen LogP contribution in [0.15, 0.2) is 23.1 Å². The number of fused-ring (bicyclic) bond motifs is 1. The molecule has 140 valence electrons. The first kappa shape index (κ1) is 19.1. The lowest BCUT2D eigenvalue weighted by atomic mass is 10.2. The summed E-state index contributed by atoms with van der Waals surface area (Å²) < 4.78 is 32.3. The van der Waals surface area contributed by atoms with Gasteiger partial charge in [-0.15, -0.1) is 0 Å². The van der Waals surface area contributed by atoms with Gasteiger partial charge in [-0.25, -0.2) is 18.2 Å². The smallest absolute Gasteiger partial charge is 0.413 e. The SMILES string of the molecule is CCOC(=O)Nc1nc2c(s1)CN(S(=O)(=O)c1cc(Cl)ccc1C)CC2. The van der Waals surface area contributed by atoms with E-state index in [0.717, 1.165) is 10.6 Å². The van der Waals surface area contributed by atoms with E-state index in [-0.39, 0.29) is 18.0 Å². The van der Waals surface area contributed by atoms with E-state index in [1.54, 1.807) is 26.0 Å². The molecule has 0 bridgehead atoms. The fraction of sp³-hybridized carbons (Fsp3) is 0.375. The van der Waals surface area contributed by atoms with Gasteiger partial charge in [-0.2, -0.15) is 4.31 Å². The molecule has 1 aliphatic heterocycles. The van der Waals surface area contributed by atoms with Gasteiger partial charge in [0, 0.05) is 22.9 Å². The Morgan fingerprint density at radius 3 is 2.96 bits per heavy atom. The van der Waals surface area contributed by atoms with Crippen molar-refractivity contribution in [3.8, 4) is 0 Å². The highest BCUT2D eigenvalue weighted by atomic mass is 35.5. The molecule has 2 heterocycles. The molecule has 1 aromatic heterocycles. The van der Waals surface area contributed by atoms with Gasteiger partial charge in [0.25, 0.3) is 0 Å². The van der Waals surface area contributed by atoms with E-state index < -0.39 is 16.1 Å². The molecule has 1 aromatic carbocycles. The molecular weight excluding hydrogens is 398 g/mol. The summed E-state index contributed by atoms with van der Waals surface area (Å²) in [6.45, 7) is 4.26. The Kier molecular flexibility index (Phi) is 5.52. The van der Waals surface area contributed by atoms with Gasteiger partial charge in [-0.1, -0.05) is 29.0 Å². The van der Waals surface area contributed by atoms with E-state index in [1.165, 1.54) is 21.7 Å². The molecule has 0 spiro atoms. The summed E-state index contributed by atoms with van der Waals surface area (Å²) >= 11 is 7.23. The highest BCUT2D eigenvalue weighted by Crippen LogP contribution is 2.32. The Labute approximate surface area is 161 Å². The van der Waals surface area contributed by atoms with Crippen molar-refractivity contribution in [3.63, 3.8) is 0 Å². The van der Waals surface area contributed by atoms with Crippen LogP contribution in [0.5, 0.6) is 0 Å². The maximum absolute atomic E-state index is 13.0. The van der Waals surface area contributed by atoms with Crippen LogP contribution < -0.4 is 5.32 Å². The molecule has 26 heavy (non-hydrogen) atoms. The van der Waals surface area contributed by atoms with Gasteiger partial charge in [0.1, 0.15) is 0 Å². The van der Waals surface area contributed by atoms with Gasteiger partial charge in [0.15, 0.2) is 5.13 Å². The molecule has 0 saturated carbocycles. The summed E-state index contributed by atoms with van der Waals surface area (Å²) in [7, 11) is -3.66. The number of nitrogens with one attached hydrogen (secondary N) is 1. The average Bonchev–Trinajstić information content (AvgIpc) is 2.98. The summed E-state index contributed by atoms with van der Waals surface area (Å²) in [5, 5.41) is 3.35. The fourth-order valence-electron chi connectivity index (χ4n) is 2.68. The van der Waals surface area contributed by atoms with E-state index in [0.29, 0.717) is 28.7 Å². The first-order chi connectivity index (χ1) is 12.3. The zero-order chi connectivity index (χ0) is 18.9. The molecule has 0 unspecified atom stereocenters. The predicted molar refractivity (Wildman–Crippen MR) is 100 cm³/mol.